The van der Waals surface area contributed by atoms with Gasteiger partial charge < -0.3 is 33.2 Å². The Balaban J connectivity index is 5.03. The van der Waals surface area contributed by atoms with Crippen LogP contribution in [-0.2, 0) is 33.2 Å². The Morgan fingerprint density at radius 1 is 0.179 bits per heavy atom. The third-order valence-electron chi connectivity index (χ3n) is 19.7. The van der Waals surface area contributed by atoms with E-state index in [0.29, 0.717) is 0 Å². The molecule has 0 amide bonds. The standard InChI is InChI=1S/C88H174O7/c1-7-13-19-25-31-51-61-69-79-89-85(90-80-70-62-52-32-26-20-14-8-2)75-65-55-45-41-37-35-39-43-47-57-67-77-87(93-83-73-59-49-29-23-17-11-5)95-88(94-84-74-60-50-30-24-18-12-6)78-68-58-48-44-40-36-38-42-46-56-66-76-86(91-81-71-63-53-33-27-21-15-9-3)92-82-72-64-54-34-28-22-16-10-4/h67-68,77-78,85-88H,7-66,69-76,79-84H2,1-6H3. The lowest BCUT2D eigenvalue weighted by atomic mass is 10.1. The summed E-state index contributed by atoms with van der Waals surface area (Å²) in [5.41, 5.74) is 0. The molecule has 0 fully saturated rings. The van der Waals surface area contributed by atoms with Crippen LogP contribution in [0.4, 0.5) is 0 Å². The molecule has 95 heavy (non-hydrogen) atoms. The number of rotatable bonds is 86. The summed E-state index contributed by atoms with van der Waals surface area (Å²) < 4.78 is 45.3. The first-order valence-electron chi connectivity index (χ1n) is 43.8. The average Bonchev–Trinajstić information content (AvgIpc) is 3.13. The summed E-state index contributed by atoms with van der Waals surface area (Å²) in [5, 5.41) is 0. The molecule has 0 saturated heterocycles. The largest absolute Gasteiger partial charge is 0.353 e. The van der Waals surface area contributed by atoms with Crippen LogP contribution >= 0.6 is 0 Å². The molecule has 0 spiro atoms. The van der Waals surface area contributed by atoms with Crippen molar-refractivity contribution in [1.29, 1.82) is 0 Å². The van der Waals surface area contributed by atoms with E-state index in [1.54, 1.807) is 0 Å². The Labute approximate surface area is 597 Å². The quantitative estimate of drug-likeness (QED) is 0.0341. The van der Waals surface area contributed by atoms with E-state index >= 15 is 0 Å². The van der Waals surface area contributed by atoms with Crippen molar-refractivity contribution in [1.82, 2.24) is 0 Å². The van der Waals surface area contributed by atoms with Crippen molar-refractivity contribution in [2.24, 2.45) is 0 Å². The van der Waals surface area contributed by atoms with Crippen molar-refractivity contribution in [3.05, 3.63) is 24.3 Å². The highest BCUT2D eigenvalue weighted by molar-refractivity contribution is 4.90. The third-order valence-corrected chi connectivity index (χ3v) is 19.7. The normalized spacial score (nSPS) is 12.8. The summed E-state index contributed by atoms with van der Waals surface area (Å²) in [6.45, 7) is 18.7. The van der Waals surface area contributed by atoms with Crippen molar-refractivity contribution in [3.63, 3.8) is 0 Å². The highest BCUT2D eigenvalue weighted by Crippen LogP contribution is 2.21. The number of hydrogen-bond acceptors (Lipinski definition) is 7. The molecule has 0 aromatic heterocycles. The van der Waals surface area contributed by atoms with Crippen molar-refractivity contribution in [2.75, 3.05) is 39.6 Å². The van der Waals surface area contributed by atoms with Crippen LogP contribution in [0.15, 0.2) is 24.3 Å². The second-order valence-corrected chi connectivity index (χ2v) is 29.5. The van der Waals surface area contributed by atoms with Gasteiger partial charge in [0, 0.05) is 26.4 Å². The van der Waals surface area contributed by atoms with Gasteiger partial charge in [0.25, 0.3) is 0 Å². The fourth-order valence-electron chi connectivity index (χ4n) is 13.2. The molecule has 0 aliphatic heterocycles. The van der Waals surface area contributed by atoms with E-state index < -0.39 is 0 Å². The van der Waals surface area contributed by atoms with E-state index in [2.05, 4.69) is 65.8 Å². The first-order valence-corrected chi connectivity index (χ1v) is 43.8. The SMILES string of the molecule is CCCCCCCCCCOC(CCCCCCCCCCCC=CC(OCCCCCCCCC)OC(C=CCCCCCCCCCCCC(OCCCCCCCCCC)OCCCCCCCCCC)OCCCCCCCCC)OCCCCCCCCCC. The van der Waals surface area contributed by atoms with E-state index in [4.69, 9.17) is 33.2 Å². The predicted molar refractivity (Wildman–Crippen MR) is 418 cm³/mol. The van der Waals surface area contributed by atoms with Gasteiger partial charge in [0.15, 0.2) is 25.2 Å². The molecule has 0 aliphatic rings. The van der Waals surface area contributed by atoms with Gasteiger partial charge in [-0.05, 0) is 102 Å². The molecule has 0 bridgehead atoms. The van der Waals surface area contributed by atoms with Crippen molar-refractivity contribution in [3.8, 4) is 0 Å². The Morgan fingerprint density at radius 2 is 0.347 bits per heavy atom. The summed E-state index contributed by atoms with van der Waals surface area (Å²) in [4.78, 5) is 0. The maximum atomic E-state index is 6.72. The van der Waals surface area contributed by atoms with Gasteiger partial charge in [0.05, 0.1) is 13.2 Å². The van der Waals surface area contributed by atoms with Gasteiger partial charge in [-0.15, -0.1) is 0 Å². The molecule has 568 valence electrons. The van der Waals surface area contributed by atoms with E-state index in [-0.39, 0.29) is 25.2 Å². The van der Waals surface area contributed by atoms with Gasteiger partial charge in [-0.2, -0.15) is 0 Å². The summed E-state index contributed by atoms with van der Waals surface area (Å²) >= 11 is 0. The minimum Gasteiger partial charge on any atom is -0.353 e. The van der Waals surface area contributed by atoms with Crippen molar-refractivity contribution < 1.29 is 33.2 Å². The second kappa shape index (κ2) is 85.6. The average molecular weight is 1340 g/mol. The Kier molecular flexibility index (Phi) is 84.9. The molecule has 0 rings (SSSR count). The first kappa shape index (κ1) is 94.2. The zero-order chi connectivity index (χ0) is 68.4. The van der Waals surface area contributed by atoms with E-state index in [1.165, 1.54) is 398 Å². The van der Waals surface area contributed by atoms with E-state index in [0.717, 1.165) is 78.2 Å². The Hall–Kier alpha value is -0.800. The van der Waals surface area contributed by atoms with Gasteiger partial charge in [-0.3, -0.25) is 0 Å². The van der Waals surface area contributed by atoms with Crippen molar-refractivity contribution >= 4 is 0 Å². The maximum Gasteiger partial charge on any atom is 0.180 e. The van der Waals surface area contributed by atoms with Crippen LogP contribution < -0.4 is 0 Å². The highest BCUT2D eigenvalue weighted by Gasteiger charge is 2.15. The molecule has 0 saturated carbocycles. The third kappa shape index (κ3) is 78.8. The highest BCUT2D eigenvalue weighted by atomic mass is 16.8. The van der Waals surface area contributed by atoms with Crippen LogP contribution in [0.25, 0.3) is 0 Å². The van der Waals surface area contributed by atoms with Crippen LogP contribution in [0.1, 0.15) is 478 Å². The summed E-state index contributed by atoms with van der Waals surface area (Å²) in [7, 11) is 0. The van der Waals surface area contributed by atoms with Gasteiger partial charge in [0.1, 0.15) is 0 Å². The number of hydrogen-bond donors (Lipinski definition) is 0. The summed E-state index contributed by atoms with van der Waals surface area (Å²) in [6.07, 6.45) is 96.8. The lowest BCUT2D eigenvalue weighted by Crippen LogP contribution is -2.25. The second-order valence-electron chi connectivity index (χ2n) is 29.5. The molecule has 2 unspecified atom stereocenters. The zero-order valence-corrected chi connectivity index (χ0v) is 65.8. The Bertz CT molecular complexity index is 1260. The summed E-state index contributed by atoms with van der Waals surface area (Å²) in [5.74, 6) is 0. The first-order chi connectivity index (χ1) is 47.1. The molecular weight excluding hydrogens is 1170 g/mol. The molecule has 7 heteroatoms. The predicted octanol–water partition coefficient (Wildman–Crippen LogP) is 30.2. The van der Waals surface area contributed by atoms with Gasteiger partial charge in [-0.1, -0.05) is 400 Å². The van der Waals surface area contributed by atoms with Gasteiger partial charge in [0.2, 0.25) is 0 Å². The van der Waals surface area contributed by atoms with Crippen LogP contribution in [0.3, 0.4) is 0 Å². The van der Waals surface area contributed by atoms with Crippen molar-refractivity contribution in [2.45, 2.75) is 503 Å². The van der Waals surface area contributed by atoms with Crippen LogP contribution in [-0.4, -0.2) is 64.8 Å². The topological polar surface area (TPSA) is 64.6 Å². The molecule has 0 heterocycles. The number of allylic oxidation sites excluding steroid dienone is 2. The van der Waals surface area contributed by atoms with E-state index in [9.17, 15) is 0 Å². The van der Waals surface area contributed by atoms with Crippen LogP contribution in [0.2, 0.25) is 0 Å². The molecule has 2 atom stereocenters. The molecule has 0 N–H and O–H groups in total. The van der Waals surface area contributed by atoms with E-state index in [1.807, 2.05) is 0 Å². The monoisotopic (exact) mass is 1340 g/mol. The number of unbranched alkanes of at least 4 members (excludes halogenated alkanes) is 58. The van der Waals surface area contributed by atoms with Crippen LogP contribution in [0.5, 0.6) is 0 Å². The molecular formula is C88H174O7. The molecule has 0 aromatic rings. The Morgan fingerprint density at radius 3 is 0.558 bits per heavy atom. The maximum absolute atomic E-state index is 6.72. The molecule has 7 nitrogen and oxygen atoms in total. The molecule has 0 radical (unpaired) electrons. The minimum absolute atomic E-state index is 0.00925. The fourth-order valence-corrected chi connectivity index (χ4v) is 13.2. The fraction of sp³-hybridized carbons (Fsp3) is 0.955. The van der Waals surface area contributed by atoms with Gasteiger partial charge >= 0.3 is 0 Å². The smallest absolute Gasteiger partial charge is 0.180 e. The molecule has 0 aromatic carbocycles. The summed E-state index contributed by atoms with van der Waals surface area (Å²) in [6, 6.07) is 0. The lowest BCUT2D eigenvalue weighted by molar-refractivity contribution is -0.208. The van der Waals surface area contributed by atoms with Gasteiger partial charge in [-0.25, -0.2) is 0 Å². The lowest BCUT2D eigenvalue weighted by Gasteiger charge is -2.22. The van der Waals surface area contributed by atoms with Crippen LogP contribution in [0, 0.1) is 0 Å². The minimum atomic E-state index is -0.380. The molecule has 0 aliphatic carbocycles. The zero-order valence-electron chi connectivity index (χ0n) is 65.8. The number of ether oxygens (including phenoxy) is 7.